The standard InChI is InChI=1S/C19H16ClN5/c20-16-7-5-14(6-8-16)9-11-22-18-10-12-23-19(25-18)24-17-4-2-1-3-15(17)13-21/h1-8,10,12H,9,11H2,(H2,22,23,24,25). The molecule has 0 aliphatic rings. The van der Waals surface area contributed by atoms with E-state index in [1.165, 1.54) is 5.56 Å². The lowest BCUT2D eigenvalue weighted by Gasteiger charge is -2.09. The molecule has 25 heavy (non-hydrogen) atoms. The Labute approximate surface area is 151 Å². The molecule has 124 valence electrons. The topological polar surface area (TPSA) is 73.6 Å². The van der Waals surface area contributed by atoms with Gasteiger partial charge in [-0.05, 0) is 42.3 Å². The first-order chi connectivity index (χ1) is 12.2. The fourth-order valence-corrected chi connectivity index (χ4v) is 2.44. The Kier molecular flexibility index (Phi) is 5.45. The molecule has 0 aliphatic carbocycles. The monoisotopic (exact) mass is 349 g/mol. The van der Waals surface area contributed by atoms with Crippen LogP contribution in [0, 0.1) is 11.3 Å². The fourth-order valence-electron chi connectivity index (χ4n) is 2.31. The molecule has 0 bridgehead atoms. The van der Waals surface area contributed by atoms with Gasteiger partial charge in [0.2, 0.25) is 5.95 Å². The van der Waals surface area contributed by atoms with Crippen LogP contribution < -0.4 is 10.6 Å². The summed E-state index contributed by atoms with van der Waals surface area (Å²) in [6.45, 7) is 0.743. The Morgan fingerprint density at radius 1 is 1.04 bits per heavy atom. The van der Waals surface area contributed by atoms with Crippen LogP contribution in [0.3, 0.4) is 0 Å². The SMILES string of the molecule is N#Cc1ccccc1Nc1nccc(NCCc2ccc(Cl)cc2)n1. The molecule has 0 spiro atoms. The maximum Gasteiger partial charge on any atom is 0.229 e. The Bertz CT molecular complexity index is 887. The number of nitrogens with one attached hydrogen (secondary N) is 2. The Morgan fingerprint density at radius 2 is 1.84 bits per heavy atom. The van der Waals surface area contributed by atoms with Gasteiger partial charge in [-0.3, -0.25) is 0 Å². The van der Waals surface area contributed by atoms with E-state index in [0.29, 0.717) is 17.2 Å². The van der Waals surface area contributed by atoms with Gasteiger partial charge in [0.25, 0.3) is 0 Å². The van der Waals surface area contributed by atoms with E-state index >= 15 is 0 Å². The average Bonchev–Trinajstić information content (AvgIpc) is 2.64. The third kappa shape index (κ3) is 4.69. The maximum atomic E-state index is 9.14. The maximum absolute atomic E-state index is 9.14. The summed E-state index contributed by atoms with van der Waals surface area (Å²) in [4.78, 5) is 8.62. The second-order valence-electron chi connectivity index (χ2n) is 5.35. The highest BCUT2D eigenvalue weighted by Gasteiger charge is 2.04. The summed E-state index contributed by atoms with van der Waals surface area (Å²) in [5.74, 6) is 1.17. The van der Waals surface area contributed by atoms with Crippen molar-refractivity contribution in [2.24, 2.45) is 0 Å². The summed E-state index contributed by atoms with van der Waals surface area (Å²) in [5, 5.41) is 16.2. The predicted molar refractivity (Wildman–Crippen MR) is 100 cm³/mol. The molecule has 0 saturated carbocycles. The minimum Gasteiger partial charge on any atom is -0.370 e. The first-order valence-electron chi connectivity index (χ1n) is 7.82. The number of benzene rings is 2. The summed E-state index contributed by atoms with van der Waals surface area (Å²) >= 11 is 5.89. The lowest BCUT2D eigenvalue weighted by atomic mass is 10.1. The molecule has 6 heteroatoms. The van der Waals surface area contributed by atoms with Crippen molar-refractivity contribution in [3.05, 3.63) is 76.9 Å². The van der Waals surface area contributed by atoms with E-state index in [0.717, 1.165) is 23.8 Å². The number of nitrogens with zero attached hydrogens (tertiary/aromatic N) is 3. The summed E-state index contributed by atoms with van der Waals surface area (Å²) in [6, 6.07) is 19.0. The molecule has 3 aromatic rings. The van der Waals surface area contributed by atoms with E-state index in [9.17, 15) is 0 Å². The quantitative estimate of drug-likeness (QED) is 0.690. The zero-order chi connectivity index (χ0) is 17.5. The number of rotatable bonds is 6. The Morgan fingerprint density at radius 3 is 2.64 bits per heavy atom. The van der Waals surface area contributed by atoms with Crippen molar-refractivity contribution in [2.45, 2.75) is 6.42 Å². The van der Waals surface area contributed by atoms with Crippen molar-refractivity contribution in [3.63, 3.8) is 0 Å². The smallest absolute Gasteiger partial charge is 0.229 e. The van der Waals surface area contributed by atoms with Crippen molar-refractivity contribution in [1.82, 2.24) is 9.97 Å². The lowest BCUT2D eigenvalue weighted by Crippen LogP contribution is -2.08. The van der Waals surface area contributed by atoms with Gasteiger partial charge in [0.05, 0.1) is 11.3 Å². The van der Waals surface area contributed by atoms with Crippen molar-refractivity contribution in [1.29, 1.82) is 5.26 Å². The van der Waals surface area contributed by atoms with E-state index in [2.05, 4.69) is 26.7 Å². The van der Waals surface area contributed by atoms with Crippen molar-refractivity contribution < 1.29 is 0 Å². The minimum absolute atomic E-state index is 0.444. The zero-order valence-corrected chi connectivity index (χ0v) is 14.2. The molecule has 2 N–H and O–H groups in total. The van der Waals surface area contributed by atoms with Crippen LogP contribution in [0.15, 0.2) is 60.8 Å². The number of hydrogen-bond donors (Lipinski definition) is 2. The van der Waals surface area contributed by atoms with Gasteiger partial charge in [0.1, 0.15) is 11.9 Å². The zero-order valence-electron chi connectivity index (χ0n) is 13.4. The van der Waals surface area contributed by atoms with Crippen LogP contribution in [0.5, 0.6) is 0 Å². The molecule has 0 amide bonds. The number of hydrogen-bond acceptors (Lipinski definition) is 5. The van der Waals surface area contributed by atoms with Crippen molar-refractivity contribution in [2.75, 3.05) is 17.2 Å². The van der Waals surface area contributed by atoms with E-state index in [-0.39, 0.29) is 0 Å². The van der Waals surface area contributed by atoms with Gasteiger partial charge < -0.3 is 10.6 Å². The number of halogens is 1. The second-order valence-corrected chi connectivity index (χ2v) is 5.79. The van der Waals surface area contributed by atoms with Crippen LogP contribution in [-0.4, -0.2) is 16.5 Å². The van der Waals surface area contributed by atoms with Crippen molar-refractivity contribution >= 4 is 29.1 Å². The molecule has 1 aromatic heterocycles. The Balaban J connectivity index is 1.61. The summed E-state index contributed by atoms with van der Waals surface area (Å²) < 4.78 is 0. The van der Waals surface area contributed by atoms with E-state index in [1.807, 2.05) is 48.5 Å². The molecule has 2 aromatic carbocycles. The van der Waals surface area contributed by atoms with E-state index < -0.39 is 0 Å². The Hall–Kier alpha value is -3.10. The van der Waals surface area contributed by atoms with Crippen LogP contribution in [0.25, 0.3) is 0 Å². The fraction of sp³-hybridized carbons (Fsp3) is 0.105. The molecular formula is C19H16ClN5. The first-order valence-corrected chi connectivity index (χ1v) is 8.20. The number of para-hydroxylation sites is 1. The summed E-state index contributed by atoms with van der Waals surface area (Å²) in [5.41, 5.74) is 2.43. The highest BCUT2D eigenvalue weighted by Crippen LogP contribution is 2.18. The van der Waals surface area contributed by atoms with Gasteiger partial charge in [-0.2, -0.15) is 10.2 Å². The van der Waals surface area contributed by atoms with Crippen LogP contribution in [0.2, 0.25) is 5.02 Å². The van der Waals surface area contributed by atoms with Crippen LogP contribution in [0.4, 0.5) is 17.5 Å². The number of aromatic nitrogens is 2. The van der Waals surface area contributed by atoms with Gasteiger partial charge in [0.15, 0.2) is 0 Å². The molecule has 0 fully saturated rings. The highest BCUT2D eigenvalue weighted by atomic mass is 35.5. The lowest BCUT2D eigenvalue weighted by molar-refractivity contribution is 1.00. The van der Waals surface area contributed by atoms with Gasteiger partial charge >= 0.3 is 0 Å². The van der Waals surface area contributed by atoms with Crippen LogP contribution in [0.1, 0.15) is 11.1 Å². The molecule has 0 radical (unpaired) electrons. The summed E-state index contributed by atoms with van der Waals surface area (Å²) in [7, 11) is 0. The normalized spacial score (nSPS) is 10.1. The number of nitriles is 1. The third-order valence-corrected chi connectivity index (χ3v) is 3.83. The molecule has 0 atom stereocenters. The molecule has 0 unspecified atom stereocenters. The third-order valence-electron chi connectivity index (χ3n) is 3.58. The molecule has 0 aliphatic heterocycles. The van der Waals surface area contributed by atoms with Crippen molar-refractivity contribution in [3.8, 4) is 6.07 Å². The largest absolute Gasteiger partial charge is 0.370 e. The first kappa shape index (κ1) is 16.7. The second kappa shape index (κ2) is 8.13. The summed E-state index contributed by atoms with van der Waals surface area (Å²) in [6.07, 6.45) is 2.54. The molecule has 0 saturated heterocycles. The van der Waals surface area contributed by atoms with E-state index in [1.54, 1.807) is 12.3 Å². The van der Waals surface area contributed by atoms with E-state index in [4.69, 9.17) is 16.9 Å². The van der Waals surface area contributed by atoms with Gasteiger partial charge in [0, 0.05) is 17.8 Å². The van der Waals surface area contributed by atoms with Crippen LogP contribution >= 0.6 is 11.6 Å². The van der Waals surface area contributed by atoms with Gasteiger partial charge in [-0.1, -0.05) is 35.9 Å². The predicted octanol–water partition coefficient (Wildman–Crippen LogP) is 4.40. The minimum atomic E-state index is 0.444. The van der Waals surface area contributed by atoms with Gasteiger partial charge in [-0.25, -0.2) is 4.98 Å². The van der Waals surface area contributed by atoms with Crippen LogP contribution in [-0.2, 0) is 6.42 Å². The number of anilines is 3. The molecule has 5 nitrogen and oxygen atoms in total. The highest BCUT2D eigenvalue weighted by molar-refractivity contribution is 6.30. The molecular weight excluding hydrogens is 334 g/mol. The molecule has 3 rings (SSSR count). The van der Waals surface area contributed by atoms with Gasteiger partial charge in [-0.15, -0.1) is 0 Å². The average molecular weight is 350 g/mol. The molecule has 1 heterocycles.